The molecule has 1 aromatic rings. The average molecular weight is 276 g/mol. The maximum Gasteiger partial charge on any atom is 0.292 e. The fraction of sp³-hybridized carbons (Fsp3) is 0.667. The molecule has 2 heterocycles. The van der Waals surface area contributed by atoms with Crippen LogP contribution in [-0.2, 0) is 4.79 Å². The molecule has 1 aliphatic heterocycles. The van der Waals surface area contributed by atoms with Crippen molar-refractivity contribution in [2.75, 3.05) is 6.54 Å². The number of Topliss-reactive ketones (excluding diaryl/α,β-unsaturated/α-hetero) is 1. The van der Waals surface area contributed by atoms with Gasteiger partial charge in [-0.1, -0.05) is 5.16 Å². The van der Waals surface area contributed by atoms with Crippen molar-refractivity contribution in [3.05, 3.63) is 17.5 Å². The first-order chi connectivity index (χ1) is 9.66. The van der Waals surface area contributed by atoms with Gasteiger partial charge < -0.3 is 9.42 Å². The SMILES string of the molecule is Cc1cc(C(=O)N2CCCCC2C2CCCC2=O)on1. The molecule has 0 bridgehead atoms. The number of hydrogen-bond acceptors (Lipinski definition) is 4. The molecule has 5 heteroatoms. The number of aryl methyl sites for hydroxylation is 1. The van der Waals surface area contributed by atoms with Gasteiger partial charge in [-0.3, -0.25) is 9.59 Å². The van der Waals surface area contributed by atoms with Crippen LogP contribution in [0.5, 0.6) is 0 Å². The highest BCUT2D eigenvalue weighted by Gasteiger charge is 2.39. The van der Waals surface area contributed by atoms with Crippen LogP contribution in [0.15, 0.2) is 10.6 Å². The fourth-order valence-corrected chi connectivity index (χ4v) is 3.48. The Balaban J connectivity index is 1.81. The highest BCUT2D eigenvalue weighted by Crippen LogP contribution is 2.33. The van der Waals surface area contributed by atoms with Crippen molar-refractivity contribution in [3.8, 4) is 0 Å². The maximum atomic E-state index is 12.6. The van der Waals surface area contributed by atoms with E-state index in [2.05, 4.69) is 5.16 Å². The second kappa shape index (κ2) is 5.38. The molecular weight excluding hydrogens is 256 g/mol. The molecule has 1 aromatic heterocycles. The zero-order valence-corrected chi connectivity index (χ0v) is 11.8. The lowest BCUT2D eigenvalue weighted by Crippen LogP contribution is -2.48. The number of piperidine rings is 1. The third-order valence-electron chi connectivity index (χ3n) is 4.47. The zero-order valence-electron chi connectivity index (χ0n) is 11.8. The number of hydrogen-bond donors (Lipinski definition) is 0. The van der Waals surface area contributed by atoms with Crippen LogP contribution in [0.2, 0.25) is 0 Å². The van der Waals surface area contributed by atoms with Gasteiger partial charge >= 0.3 is 0 Å². The molecule has 3 rings (SSSR count). The molecule has 0 N–H and O–H groups in total. The van der Waals surface area contributed by atoms with E-state index in [1.165, 1.54) is 0 Å². The second-order valence-corrected chi connectivity index (χ2v) is 5.86. The summed E-state index contributed by atoms with van der Waals surface area (Å²) in [5.41, 5.74) is 0.707. The van der Waals surface area contributed by atoms with Gasteiger partial charge in [-0.15, -0.1) is 0 Å². The standard InChI is InChI=1S/C15H20N2O3/c1-10-9-14(20-16-10)15(19)17-8-3-2-6-12(17)11-5-4-7-13(11)18/h9,11-12H,2-8H2,1H3. The van der Waals surface area contributed by atoms with Crippen molar-refractivity contribution in [1.29, 1.82) is 0 Å². The summed E-state index contributed by atoms with van der Waals surface area (Å²) in [6.45, 7) is 2.52. The van der Waals surface area contributed by atoms with E-state index < -0.39 is 0 Å². The number of amides is 1. The monoisotopic (exact) mass is 276 g/mol. The van der Waals surface area contributed by atoms with Crippen molar-refractivity contribution in [2.45, 2.75) is 51.5 Å². The zero-order chi connectivity index (χ0) is 14.1. The van der Waals surface area contributed by atoms with Crippen LogP contribution < -0.4 is 0 Å². The highest BCUT2D eigenvalue weighted by molar-refractivity contribution is 5.92. The number of rotatable bonds is 2. The van der Waals surface area contributed by atoms with Crippen LogP contribution in [0.1, 0.15) is 54.8 Å². The lowest BCUT2D eigenvalue weighted by atomic mass is 9.88. The van der Waals surface area contributed by atoms with Gasteiger partial charge in [-0.2, -0.15) is 0 Å². The van der Waals surface area contributed by atoms with Gasteiger partial charge in [0.25, 0.3) is 5.91 Å². The highest BCUT2D eigenvalue weighted by atomic mass is 16.5. The van der Waals surface area contributed by atoms with Crippen LogP contribution >= 0.6 is 0 Å². The first-order valence-electron chi connectivity index (χ1n) is 7.44. The predicted octanol–water partition coefficient (Wildman–Crippen LogP) is 2.35. The third kappa shape index (κ3) is 2.37. The fourth-order valence-electron chi connectivity index (χ4n) is 3.48. The topological polar surface area (TPSA) is 63.4 Å². The predicted molar refractivity (Wildman–Crippen MR) is 72.3 cm³/mol. The lowest BCUT2D eigenvalue weighted by molar-refractivity contribution is -0.122. The molecular formula is C15H20N2O3. The first-order valence-corrected chi connectivity index (χ1v) is 7.44. The Hall–Kier alpha value is -1.65. The van der Waals surface area contributed by atoms with Crippen molar-refractivity contribution in [3.63, 3.8) is 0 Å². The normalized spacial score (nSPS) is 27.1. The number of aromatic nitrogens is 1. The minimum atomic E-state index is -0.116. The van der Waals surface area contributed by atoms with Gasteiger partial charge in [-0.25, -0.2) is 0 Å². The van der Waals surface area contributed by atoms with Crippen LogP contribution in [0, 0.1) is 12.8 Å². The first kappa shape index (κ1) is 13.3. The smallest absolute Gasteiger partial charge is 0.292 e. The summed E-state index contributed by atoms with van der Waals surface area (Å²) in [5, 5.41) is 3.78. The molecule has 5 nitrogen and oxygen atoms in total. The summed E-state index contributed by atoms with van der Waals surface area (Å²) in [6, 6.07) is 1.72. The van der Waals surface area contributed by atoms with E-state index in [9.17, 15) is 9.59 Å². The quantitative estimate of drug-likeness (QED) is 0.831. The molecule has 1 saturated heterocycles. The van der Waals surface area contributed by atoms with Crippen molar-refractivity contribution in [2.24, 2.45) is 5.92 Å². The summed E-state index contributed by atoms with van der Waals surface area (Å²) in [4.78, 5) is 26.4. The summed E-state index contributed by atoms with van der Waals surface area (Å²) in [6.07, 6.45) is 5.57. The largest absolute Gasteiger partial charge is 0.351 e. The van der Waals surface area contributed by atoms with Gasteiger partial charge in [-0.05, 0) is 39.0 Å². The van der Waals surface area contributed by atoms with Crippen LogP contribution in [0.3, 0.4) is 0 Å². The molecule has 0 radical (unpaired) electrons. The second-order valence-electron chi connectivity index (χ2n) is 5.86. The van der Waals surface area contributed by atoms with E-state index in [1.54, 1.807) is 13.0 Å². The summed E-state index contributed by atoms with van der Waals surface area (Å²) in [5.74, 6) is 0.529. The number of nitrogens with zero attached hydrogens (tertiary/aromatic N) is 2. The Morgan fingerprint density at radius 2 is 2.20 bits per heavy atom. The molecule has 20 heavy (non-hydrogen) atoms. The summed E-state index contributed by atoms with van der Waals surface area (Å²) in [7, 11) is 0. The Bertz CT molecular complexity index is 523. The molecule has 2 aliphatic rings. The van der Waals surface area contributed by atoms with Crippen LogP contribution in [0.4, 0.5) is 0 Å². The van der Waals surface area contributed by atoms with Crippen molar-refractivity contribution in [1.82, 2.24) is 10.1 Å². The van der Waals surface area contributed by atoms with E-state index >= 15 is 0 Å². The van der Waals surface area contributed by atoms with Gasteiger partial charge in [0.05, 0.1) is 5.69 Å². The Labute approximate surface area is 118 Å². The van der Waals surface area contributed by atoms with E-state index in [4.69, 9.17) is 4.52 Å². The molecule has 1 amide bonds. The van der Waals surface area contributed by atoms with E-state index in [0.717, 1.165) is 32.1 Å². The lowest BCUT2D eigenvalue weighted by Gasteiger charge is -2.38. The van der Waals surface area contributed by atoms with Crippen molar-refractivity contribution >= 4 is 11.7 Å². The molecule has 0 spiro atoms. The van der Waals surface area contributed by atoms with E-state index in [1.807, 2.05) is 4.90 Å². The average Bonchev–Trinajstić information content (AvgIpc) is 3.07. The Kier molecular flexibility index (Phi) is 3.59. The Morgan fingerprint density at radius 3 is 2.85 bits per heavy atom. The molecule has 2 unspecified atom stereocenters. The minimum Gasteiger partial charge on any atom is -0.351 e. The molecule has 2 atom stereocenters. The van der Waals surface area contributed by atoms with E-state index in [0.29, 0.717) is 30.2 Å². The maximum absolute atomic E-state index is 12.6. The molecule has 108 valence electrons. The molecule has 0 aromatic carbocycles. The number of carbonyl (C=O) groups excluding carboxylic acids is 2. The summed E-state index contributed by atoms with van der Waals surface area (Å²) < 4.78 is 5.09. The molecule has 1 aliphatic carbocycles. The Morgan fingerprint density at radius 1 is 1.35 bits per heavy atom. The van der Waals surface area contributed by atoms with Gasteiger partial charge in [0.2, 0.25) is 5.76 Å². The van der Waals surface area contributed by atoms with E-state index in [-0.39, 0.29) is 17.9 Å². The number of likely N-dealkylation sites (tertiary alicyclic amines) is 1. The number of ketones is 1. The van der Waals surface area contributed by atoms with Gasteiger partial charge in [0, 0.05) is 31.0 Å². The number of carbonyl (C=O) groups is 2. The van der Waals surface area contributed by atoms with Gasteiger partial charge in [0.15, 0.2) is 0 Å². The minimum absolute atomic E-state index is 0.0308. The van der Waals surface area contributed by atoms with Gasteiger partial charge in [0.1, 0.15) is 5.78 Å². The van der Waals surface area contributed by atoms with Crippen LogP contribution in [0.25, 0.3) is 0 Å². The van der Waals surface area contributed by atoms with Crippen molar-refractivity contribution < 1.29 is 14.1 Å². The molecule has 1 saturated carbocycles. The third-order valence-corrected chi connectivity index (χ3v) is 4.47. The molecule has 2 fully saturated rings. The summed E-state index contributed by atoms with van der Waals surface area (Å²) >= 11 is 0. The van der Waals surface area contributed by atoms with Crippen LogP contribution in [-0.4, -0.2) is 34.3 Å².